The summed E-state index contributed by atoms with van der Waals surface area (Å²) in [5.74, 6) is -0.305. The van der Waals surface area contributed by atoms with Crippen molar-refractivity contribution in [3.8, 4) is 11.8 Å². The second-order valence-electron chi connectivity index (χ2n) is 3.60. The summed E-state index contributed by atoms with van der Waals surface area (Å²) in [7, 11) is 0. The Hall–Kier alpha value is -2.28. The van der Waals surface area contributed by atoms with Crippen LogP contribution in [-0.4, -0.2) is 17.7 Å². The van der Waals surface area contributed by atoms with Gasteiger partial charge in [0.1, 0.15) is 12.4 Å². The van der Waals surface area contributed by atoms with E-state index in [0.29, 0.717) is 11.3 Å². The molecule has 4 heteroatoms. The Bertz CT molecular complexity index is 475. The number of aliphatic carboxylic acids is 1. The lowest BCUT2D eigenvalue weighted by Crippen LogP contribution is -1.99. The van der Waals surface area contributed by atoms with E-state index in [1.807, 2.05) is 13.8 Å². The van der Waals surface area contributed by atoms with Gasteiger partial charge >= 0.3 is 5.97 Å². The van der Waals surface area contributed by atoms with Gasteiger partial charge in [-0.1, -0.05) is 0 Å². The highest BCUT2D eigenvalue weighted by molar-refractivity contribution is 5.79. The molecule has 17 heavy (non-hydrogen) atoms. The summed E-state index contributed by atoms with van der Waals surface area (Å²) >= 11 is 0. The quantitative estimate of drug-likeness (QED) is 0.806. The molecule has 0 unspecified atom stereocenters. The molecule has 0 aliphatic carbocycles. The molecule has 0 heterocycles. The van der Waals surface area contributed by atoms with Gasteiger partial charge in [0.15, 0.2) is 0 Å². The van der Waals surface area contributed by atoms with Crippen molar-refractivity contribution < 1.29 is 14.6 Å². The molecule has 0 aliphatic rings. The fourth-order valence-corrected chi connectivity index (χ4v) is 1.52. The molecule has 1 aromatic carbocycles. The molecule has 1 rings (SSSR count). The van der Waals surface area contributed by atoms with Crippen LogP contribution in [0.15, 0.2) is 24.3 Å². The van der Waals surface area contributed by atoms with Gasteiger partial charge < -0.3 is 9.84 Å². The van der Waals surface area contributed by atoms with Gasteiger partial charge in [-0.05, 0) is 43.2 Å². The molecule has 88 valence electrons. The fourth-order valence-electron chi connectivity index (χ4n) is 1.52. The summed E-state index contributed by atoms with van der Waals surface area (Å²) in [6.45, 7) is 3.90. The lowest BCUT2D eigenvalue weighted by Gasteiger charge is -2.10. The van der Waals surface area contributed by atoms with Gasteiger partial charge in [0.05, 0.1) is 11.6 Å². The van der Waals surface area contributed by atoms with Crippen LogP contribution in [0, 0.1) is 25.2 Å². The zero-order chi connectivity index (χ0) is 12.8. The number of hydrogen-bond acceptors (Lipinski definition) is 3. The third-order valence-corrected chi connectivity index (χ3v) is 2.17. The Labute approximate surface area is 99.8 Å². The van der Waals surface area contributed by atoms with Gasteiger partial charge in [-0.15, -0.1) is 0 Å². The highest BCUT2D eigenvalue weighted by Crippen LogP contribution is 2.24. The van der Waals surface area contributed by atoms with E-state index < -0.39 is 5.97 Å². The first-order chi connectivity index (χ1) is 8.04. The van der Waals surface area contributed by atoms with E-state index in [-0.39, 0.29) is 6.61 Å². The van der Waals surface area contributed by atoms with E-state index in [2.05, 4.69) is 6.07 Å². The minimum absolute atomic E-state index is 0.194. The van der Waals surface area contributed by atoms with Crippen molar-refractivity contribution in [1.82, 2.24) is 0 Å². The van der Waals surface area contributed by atoms with Crippen LogP contribution >= 0.6 is 0 Å². The third kappa shape index (κ3) is 3.65. The minimum Gasteiger partial charge on any atom is -0.489 e. The highest BCUT2D eigenvalue weighted by atomic mass is 16.5. The molecular weight excluding hydrogens is 218 g/mol. The van der Waals surface area contributed by atoms with Crippen molar-refractivity contribution in [2.75, 3.05) is 6.61 Å². The summed E-state index contributed by atoms with van der Waals surface area (Å²) in [6.07, 6.45) is 2.47. The first-order valence-corrected chi connectivity index (χ1v) is 5.08. The van der Waals surface area contributed by atoms with Crippen LogP contribution in [0.3, 0.4) is 0 Å². The second-order valence-corrected chi connectivity index (χ2v) is 3.60. The van der Waals surface area contributed by atoms with Crippen molar-refractivity contribution in [1.29, 1.82) is 5.26 Å². The molecule has 0 bridgehead atoms. The van der Waals surface area contributed by atoms with Crippen LogP contribution in [0.25, 0.3) is 0 Å². The van der Waals surface area contributed by atoms with E-state index in [4.69, 9.17) is 15.1 Å². The average molecular weight is 231 g/mol. The molecule has 4 nitrogen and oxygen atoms in total. The molecule has 0 saturated carbocycles. The molecule has 1 aromatic rings. The van der Waals surface area contributed by atoms with Crippen molar-refractivity contribution in [2.45, 2.75) is 13.8 Å². The van der Waals surface area contributed by atoms with E-state index in [0.717, 1.165) is 17.2 Å². The largest absolute Gasteiger partial charge is 0.489 e. The van der Waals surface area contributed by atoms with Gasteiger partial charge in [-0.3, -0.25) is 0 Å². The monoisotopic (exact) mass is 231 g/mol. The summed E-state index contributed by atoms with van der Waals surface area (Å²) in [5, 5.41) is 17.2. The zero-order valence-corrected chi connectivity index (χ0v) is 9.73. The van der Waals surface area contributed by atoms with Crippen molar-refractivity contribution in [3.05, 3.63) is 41.0 Å². The van der Waals surface area contributed by atoms with Crippen LogP contribution in [-0.2, 0) is 4.79 Å². The fraction of sp³-hybridized carbons (Fsp3) is 0.231. The number of nitriles is 1. The predicted molar refractivity (Wildman–Crippen MR) is 62.9 cm³/mol. The smallest absolute Gasteiger partial charge is 0.328 e. The number of nitrogens with zero attached hydrogens (tertiary/aromatic N) is 1. The van der Waals surface area contributed by atoms with Gasteiger partial charge in [0.25, 0.3) is 0 Å². The van der Waals surface area contributed by atoms with E-state index in [1.54, 1.807) is 12.1 Å². The van der Waals surface area contributed by atoms with Gasteiger partial charge in [-0.25, -0.2) is 4.79 Å². The number of benzene rings is 1. The second kappa shape index (κ2) is 5.71. The van der Waals surface area contributed by atoms with Crippen molar-refractivity contribution >= 4 is 5.97 Å². The number of carbonyl (C=O) groups is 1. The first-order valence-electron chi connectivity index (χ1n) is 5.08. The Morgan fingerprint density at radius 1 is 1.47 bits per heavy atom. The maximum atomic E-state index is 10.2. The van der Waals surface area contributed by atoms with Gasteiger partial charge in [0.2, 0.25) is 0 Å². The standard InChI is InChI=1S/C13H13NO3/c1-9-6-11(8-14)7-10(2)13(9)17-5-3-4-12(15)16/h3-4,6-7H,5H2,1-2H3,(H,15,16)/b4-3+. The van der Waals surface area contributed by atoms with E-state index in [9.17, 15) is 4.79 Å². The van der Waals surface area contributed by atoms with Crippen molar-refractivity contribution in [3.63, 3.8) is 0 Å². The van der Waals surface area contributed by atoms with Crippen LogP contribution in [0.4, 0.5) is 0 Å². The maximum Gasteiger partial charge on any atom is 0.328 e. The van der Waals surface area contributed by atoms with Crippen LogP contribution in [0.2, 0.25) is 0 Å². The molecule has 0 atom stereocenters. The summed E-state index contributed by atoms with van der Waals surface area (Å²) in [6, 6.07) is 5.55. The van der Waals surface area contributed by atoms with Crippen LogP contribution < -0.4 is 4.74 Å². The molecule has 0 amide bonds. The SMILES string of the molecule is Cc1cc(C#N)cc(C)c1OC/C=C/C(=O)O. The Balaban J connectivity index is 2.79. The third-order valence-electron chi connectivity index (χ3n) is 2.17. The number of aryl methyl sites for hydroxylation is 2. The summed E-state index contributed by atoms with van der Waals surface area (Å²) in [4.78, 5) is 10.2. The molecular formula is C13H13NO3. The molecule has 1 N–H and O–H groups in total. The number of ether oxygens (including phenoxy) is 1. The first kappa shape index (κ1) is 12.8. The highest BCUT2D eigenvalue weighted by Gasteiger charge is 2.05. The molecule has 0 saturated heterocycles. The lowest BCUT2D eigenvalue weighted by molar-refractivity contribution is -0.131. The summed E-state index contributed by atoms with van der Waals surface area (Å²) in [5.41, 5.74) is 2.32. The van der Waals surface area contributed by atoms with E-state index >= 15 is 0 Å². The van der Waals surface area contributed by atoms with Crippen LogP contribution in [0.5, 0.6) is 5.75 Å². The molecule has 0 aromatic heterocycles. The number of carboxylic acids is 1. The average Bonchev–Trinajstić information content (AvgIpc) is 2.26. The maximum absolute atomic E-state index is 10.2. The van der Waals surface area contributed by atoms with Gasteiger partial charge in [0, 0.05) is 6.08 Å². The number of hydrogen-bond donors (Lipinski definition) is 1. The van der Waals surface area contributed by atoms with Gasteiger partial charge in [-0.2, -0.15) is 5.26 Å². The molecule has 0 aliphatic heterocycles. The number of carboxylic acid groups (broad SMARTS) is 1. The topological polar surface area (TPSA) is 70.3 Å². The zero-order valence-electron chi connectivity index (χ0n) is 9.73. The van der Waals surface area contributed by atoms with Crippen molar-refractivity contribution in [2.24, 2.45) is 0 Å². The summed E-state index contributed by atoms with van der Waals surface area (Å²) < 4.78 is 5.46. The Kier molecular flexibility index (Phi) is 4.29. The van der Waals surface area contributed by atoms with E-state index in [1.165, 1.54) is 6.08 Å². The molecule has 0 fully saturated rings. The Morgan fingerprint density at radius 3 is 2.53 bits per heavy atom. The van der Waals surface area contributed by atoms with Crippen LogP contribution in [0.1, 0.15) is 16.7 Å². The predicted octanol–water partition coefficient (Wildman–Crippen LogP) is 2.19. The molecule has 0 radical (unpaired) electrons. The lowest BCUT2D eigenvalue weighted by atomic mass is 10.1. The minimum atomic E-state index is -0.998. The normalized spacial score (nSPS) is 10.2. The number of rotatable bonds is 4. The molecule has 0 spiro atoms. The Morgan fingerprint density at radius 2 is 2.06 bits per heavy atom.